The first kappa shape index (κ1) is 43.5. The molecule has 0 radical (unpaired) electrons. The molecule has 0 aliphatic heterocycles. The van der Waals surface area contributed by atoms with Crippen LogP contribution in [-0.4, -0.2) is 14.2 Å². The van der Waals surface area contributed by atoms with Crippen molar-refractivity contribution < 1.29 is 35.3 Å². The van der Waals surface area contributed by atoms with Gasteiger partial charge in [0.05, 0.1) is 33.4 Å². The maximum Gasteiger partial charge on any atom is 0.268 e. The second-order valence-electron chi connectivity index (χ2n) is 16.1. The summed E-state index contributed by atoms with van der Waals surface area (Å²) in [5.74, 6) is 0.322. The Balaban J connectivity index is 0.000000621. The fraction of sp³-hybridized carbons (Fsp3) is 0. The van der Waals surface area contributed by atoms with Gasteiger partial charge in [0.2, 0.25) is 0 Å². The summed E-state index contributed by atoms with van der Waals surface area (Å²) in [6.07, 6.45) is 7.64. The minimum Gasteiger partial charge on any atom is -0.508 e. The predicted molar refractivity (Wildman–Crippen MR) is 270 cm³/mol. The topological polar surface area (TPSA) is 37.9 Å². The average molecular weight is 1060 g/mol. The molecule has 0 aliphatic carbocycles. The van der Waals surface area contributed by atoms with Crippen molar-refractivity contribution in [1.29, 1.82) is 0 Å². The molecule has 0 atom stereocenters. The summed E-state index contributed by atoms with van der Waals surface area (Å²) >= 11 is 0. The molecule has 0 amide bonds. The van der Waals surface area contributed by atoms with Gasteiger partial charge in [-0.1, -0.05) is 224 Å². The van der Waals surface area contributed by atoms with Crippen LogP contribution >= 0.6 is 0 Å². The van der Waals surface area contributed by atoms with Gasteiger partial charge < -0.3 is 14.2 Å². The summed E-state index contributed by atoms with van der Waals surface area (Å²) in [5.41, 5.74) is 17.1. The third-order valence-corrected chi connectivity index (χ3v) is 12.0. The van der Waals surface area contributed by atoms with Gasteiger partial charge in [0.15, 0.2) is 0 Å². The monoisotopic (exact) mass is 1050 g/mol. The van der Waals surface area contributed by atoms with Crippen LogP contribution in [0.4, 0.5) is 0 Å². The maximum atomic E-state index is 8.63. The van der Waals surface area contributed by atoms with Crippen molar-refractivity contribution in [1.82, 2.24) is 9.13 Å². The van der Waals surface area contributed by atoms with Crippen LogP contribution in [0.15, 0.2) is 255 Å². The molecule has 5 nitrogen and oxygen atoms in total. The van der Waals surface area contributed by atoms with E-state index in [1.807, 2.05) is 6.07 Å². The molecule has 0 unspecified atom stereocenters. The number of aromatic hydroxyl groups is 1. The first-order chi connectivity index (χ1) is 33.2. The number of imidazole rings is 2. The average Bonchev–Trinajstić information content (AvgIpc) is 3.99. The second-order valence-corrected chi connectivity index (χ2v) is 16.1. The van der Waals surface area contributed by atoms with Crippen molar-refractivity contribution in [3.8, 4) is 73.0 Å². The minimum absolute atomic E-state index is 0. The van der Waals surface area contributed by atoms with Gasteiger partial charge in [-0.05, 0) is 68.0 Å². The van der Waals surface area contributed by atoms with E-state index in [1.165, 1.54) is 0 Å². The molecule has 0 saturated heterocycles. The molecular formula is C62H43N4OPt-. The minimum atomic E-state index is 0. The number of fused-ring (bicyclic) bond motifs is 2. The first-order valence-corrected chi connectivity index (χ1v) is 22.3. The van der Waals surface area contributed by atoms with E-state index in [0.717, 1.165) is 89.3 Å². The van der Waals surface area contributed by atoms with Gasteiger partial charge in [-0.3, -0.25) is 9.13 Å². The van der Waals surface area contributed by atoms with Crippen molar-refractivity contribution in [3.63, 3.8) is 0 Å². The Hall–Kier alpha value is -8.37. The predicted octanol–water partition coefficient (Wildman–Crippen LogP) is 13.6. The number of aromatic nitrogens is 4. The number of phenolic OH excluding ortho intramolecular Hbond substituents is 1. The van der Waals surface area contributed by atoms with Gasteiger partial charge >= 0.3 is 0 Å². The summed E-state index contributed by atoms with van der Waals surface area (Å²) in [4.78, 5) is 0. The number of hydrogen-bond donors (Lipinski definition) is 1. The molecule has 0 spiro atoms. The maximum absolute atomic E-state index is 8.63. The van der Waals surface area contributed by atoms with E-state index in [9.17, 15) is 0 Å². The van der Waals surface area contributed by atoms with E-state index in [4.69, 9.17) is 5.11 Å². The second kappa shape index (κ2) is 19.6. The summed E-state index contributed by atoms with van der Waals surface area (Å²) in [6, 6.07) is 91.5. The zero-order chi connectivity index (χ0) is 44.9. The number of hydrogen-bond acceptors (Lipinski definition) is 1. The summed E-state index contributed by atoms with van der Waals surface area (Å²) in [6.45, 7) is 0. The molecular weight excluding hydrogens is 1010 g/mol. The molecule has 1 N–H and O–H groups in total. The zero-order valence-electron chi connectivity index (χ0n) is 36.8. The quantitative estimate of drug-likeness (QED) is 0.120. The number of benzene rings is 10. The largest absolute Gasteiger partial charge is 0.508 e. The molecule has 0 saturated carbocycles. The van der Waals surface area contributed by atoms with Gasteiger partial charge in [0, 0.05) is 21.1 Å². The van der Waals surface area contributed by atoms with Crippen molar-refractivity contribution in [2.75, 3.05) is 0 Å². The van der Waals surface area contributed by atoms with E-state index in [-0.39, 0.29) is 21.1 Å². The molecule has 12 aromatic rings. The van der Waals surface area contributed by atoms with Crippen LogP contribution in [0.5, 0.6) is 5.75 Å². The fourth-order valence-electron chi connectivity index (χ4n) is 8.91. The van der Waals surface area contributed by atoms with E-state index in [2.05, 4.69) is 261 Å². The summed E-state index contributed by atoms with van der Waals surface area (Å²) < 4.78 is 8.70. The third kappa shape index (κ3) is 8.48. The molecule has 68 heavy (non-hydrogen) atoms. The van der Waals surface area contributed by atoms with Crippen LogP contribution < -0.4 is 9.13 Å². The van der Waals surface area contributed by atoms with Crippen molar-refractivity contribution in [2.24, 2.45) is 0 Å². The van der Waals surface area contributed by atoms with Crippen LogP contribution in [0, 0.1) is 18.7 Å². The summed E-state index contributed by atoms with van der Waals surface area (Å²) in [7, 11) is 0. The molecule has 2 aromatic heterocycles. The number of para-hydroxylation sites is 7. The van der Waals surface area contributed by atoms with Crippen LogP contribution in [0.3, 0.4) is 0 Å². The Kier molecular flexibility index (Phi) is 12.6. The number of phenols is 1. The van der Waals surface area contributed by atoms with Crippen molar-refractivity contribution in [3.05, 3.63) is 274 Å². The number of rotatable bonds is 8. The Morgan fingerprint density at radius 3 is 0.926 bits per heavy atom. The van der Waals surface area contributed by atoms with Gasteiger partial charge in [0.1, 0.15) is 5.75 Å². The molecule has 0 fully saturated rings. The SMILES string of the molecule is Oc1ccccc1.[Pt].[c-]1c(-n2[c-][n+](-c3c(-c4ccccc4)cccc3-c3ccccc3)c3ccccc32)cccc1-n1[c-][n+](-c2c(-c3ccccc3)cccc2-c2ccccc2)c2ccccc21. The van der Waals surface area contributed by atoms with Crippen LogP contribution in [0.2, 0.25) is 0 Å². The normalized spacial score (nSPS) is 10.9. The Morgan fingerprint density at radius 1 is 0.309 bits per heavy atom. The molecule has 328 valence electrons. The van der Waals surface area contributed by atoms with Crippen molar-refractivity contribution in [2.45, 2.75) is 0 Å². The third-order valence-electron chi connectivity index (χ3n) is 12.0. The van der Waals surface area contributed by atoms with Gasteiger partial charge in [0.25, 0.3) is 12.7 Å². The molecule has 6 heteroatoms. The van der Waals surface area contributed by atoms with Gasteiger partial charge in [-0.2, -0.15) is 24.3 Å². The van der Waals surface area contributed by atoms with Crippen molar-refractivity contribution >= 4 is 22.1 Å². The molecule has 2 heterocycles. The van der Waals surface area contributed by atoms with E-state index in [0.29, 0.717) is 5.75 Å². The van der Waals surface area contributed by atoms with Gasteiger partial charge in [-0.15, -0.1) is 0 Å². The number of nitrogens with zero attached hydrogens (tertiary/aromatic N) is 4. The van der Waals surface area contributed by atoms with Crippen LogP contribution in [0.1, 0.15) is 0 Å². The van der Waals surface area contributed by atoms with E-state index in [1.54, 1.807) is 24.3 Å². The summed E-state index contributed by atoms with van der Waals surface area (Å²) in [5, 5.41) is 8.63. The van der Waals surface area contributed by atoms with E-state index >= 15 is 0 Å². The van der Waals surface area contributed by atoms with Gasteiger partial charge in [-0.25, -0.2) is 0 Å². The first-order valence-electron chi connectivity index (χ1n) is 22.3. The zero-order valence-corrected chi connectivity index (χ0v) is 39.1. The Bertz CT molecular complexity index is 3290. The standard InChI is InChI=1S/C56H37N4.C6H6O.Pt/c1-5-20-41(21-6-1)47-30-18-31-48(42-22-7-2-8-23-42)55(47)59-39-57(51-34-13-15-36-53(51)59)45-28-17-29-46(38-45)58-40-60(54-37-16-14-35-52(54)58)56-49(43-24-9-3-10-25-43)32-19-33-50(56)44-26-11-4-12-27-44;7-6-4-2-1-3-5-6;/h1-37H;1-5,7H;/q-1;;. The molecule has 0 bridgehead atoms. The fourth-order valence-corrected chi connectivity index (χ4v) is 8.91. The Morgan fingerprint density at radius 2 is 0.603 bits per heavy atom. The van der Waals surface area contributed by atoms with Crippen LogP contribution in [0.25, 0.3) is 89.3 Å². The van der Waals surface area contributed by atoms with Crippen LogP contribution in [-0.2, 0) is 21.1 Å². The molecule has 0 aliphatic rings. The van der Waals surface area contributed by atoms with E-state index < -0.39 is 0 Å². The Labute approximate surface area is 410 Å². The smallest absolute Gasteiger partial charge is 0.268 e. The molecule has 12 rings (SSSR count). The molecule has 10 aromatic carbocycles.